The van der Waals surface area contributed by atoms with Crippen LogP contribution in [0.25, 0.3) is 6.08 Å². The Labute approximate surface area is 160 Å². The molecule has 0 unspecified atom stereocenters. The maximum atomic E-state index is 13.0. The van der Waals surface area contributed by atoms with Gasteiger partial charge in [0.05, 0.1) is 11.1 Å². The van der Waals surface area contributed by atoms with Gasteiger partial charge in [0.15, 0.2) is 5.76 Å². The number of Topliss-reactive ketones (excluding diaryl/α,β-unsaturated/α-hetero) is 1. The van der Waals surface area contributed by atoms with Crippen molar-refractivity contribution in [3.8, 4) is 11.5 Å². The summed E-state index contributed by atoms with van der Waals surface area (Å²) in [6.45, 7) is 10.6. The molecule has 0 aliphatic carbocycles. The maximum absolute atomic E-state index is 13.0. The highest BCUT2D eigenvalue weighted by Crippen LogP contribution is 2.44. The highest BCUT2D eigenvalue weighted by atomic mass is 16.5. The summed E-state index contributed by atoms with van der Waals surface area (Å²) in [5.74, 6) is 2.39. The molecule has 0 bridgehead atoms. The van der Waals surface area contributed by atoms with Crippen molar-refractivity contribution in [2.75, 3.05) is 13.3 Å². The molecule has 140 valence electrons. The number of nitrogens with zero attached hydrogens (tertiary/aromatic N) is 1. The van der Waals surface area contributed by atoms with Gasteiger partial charge in [-0.1, -0.05) is 38.1 Å². The fourth-order valence-electron chi connectivity index (χ4n) is 3.80. The van der Waals surface area contributed by atoms with Gasteiger partial charge >= 0.3 is 0 Å². The lowest BCUT2D eigenvalue weighted by molar-refractivity contribution is 0.0831. The second-order valence-corrected chi connectivity index (χ2v) is 7.85. The molecule has 27 heavy (non-hydrogen) atoms. The molecule has 4 rings (SSSR count). The zero-order valence-corrected chi connectivity index (χ0v) is 16.3. The predicted molar refractivity (Wildman–Crippen MR) is 106 cm³/mol. The molecule has 0 fully saturated rings. The first-order chi connectivity index (χ1) is 12.9. The van der Waals surface area contributed by atoms with Crippen LogP contribution < -0.4 is 9.47 Å². The van der Waals surface area contributed by atoms with E-state index in [1.54, 1.807) is 0 Å². The number of hydrogen-bond donors (Lipinski definition) is 0. The summed E-state index contributed by atoms with van der Waals surface area (Å²) in [7, 11) is 0. The zero-order chi connectivity index (χ0) is 19.1. The number of hydrogen-bond acceptors (Lipinski definition) is 4. The lowest BCUT2D eigenvalue weighted by Crippen LogP contribution is -2.35. The molecule has 0 N–H and O–H groups in total. The standard InChI is InChI=1S/C23H25NO3/c1-14(2)11-24-12-18-19(26-13-24)9-16(4)21-22(25)20(27-23(18)21)10-17-8-6-5-7-15(17)3/h5-10,14H,11-13H2,1-4H3/b20-10-. The number of benzene rings is 2. The topological polar surface area (TPSA) is 38.8 Å². The fourth-order valence-corrected chi connectivity index (χ4v) is 3.80. The van der Waals surface area contributed by atoms with E-state index in [1.807, 2.05) is 50.3 Å². The van der Waals surface area contributed by atoms with Gasteiger partial charge in [0, 0.05) is 13.1 Å². The molecule has 0 spiro atoms. The van der Waals surface area contributed by atoms with Crippen molar-refractivity contribution >= 4 is 11.9 Å². The summed E-state index contributed by atoms with van der Waals surface area (Å²) < 4.78 is 12.1. The van der Waals surface area contributed by atoms with Gasteiger partial charge in [0.2, 0.25) is 5.78 Å². The lowest BCUT2D eigenvalue weighted by atomic mass is 9.98. The first-order valence-corrected chi connectivity index (χ1v) is 9.45. The molecule has 0 amide bonds. The minimum Gasteiger partial charge on any atom is -0.478 e. The molecular formula is C23H25NO3. The van der Waals surface area contributed by atoms with Gasteiger partial charge in [0.1, 0.15) is 18.2 Å². The van der Waals surface area contributed by atoms with Crippen molar-refractivity contribution in [2.45, 2.75) is 34.2 Å². The first kappa shape index (κ1) is 17.8. The van der Waals surface area contributed by atoms with Crippen LogP contribution in [0.5, 0.6) is 11.5 Å². The van der Waals surface area contributed by atoms with Gasteiger partial charge in [-0.25, -0.2) is 0 Å². The van der Waals surface area contributed by atoms with E-state index >= 15 is 0 Å². The van der Waals surface area contributed by atoms with Crippen LogP contribution in [0.4, 0.5) is 0 Å². The molecule has 2 aromatic rings. The highest BCUT2D eigenvalue weighted by molar-refractivity contribution is 6.16. The van der Waals surface area contributed by atoms with Crippen molar-refractivity contribution < 1.29 is 14.3 Å². The quantitative estimate of drug-likeness (QED) is 0.739. The SMILES string of the molecule is Cc1ccccc1/C=C1\Oc2c3c(cc(C)c2C1=O)OCN(CC(C)C)C3. The monoisotopic (exact) mass is 363 g/mol. The lowest BCUT2D eigenvalue weighted by Gasteiger charge is -2.31. The normalized spacial score (nSPS) is 17.7. The van der Waals surface area contributed by atoms with Crippen molar-refractivity contribution in [1.82, 2.24) is 4.90 Å². The molecule has 0 saturated heterocycles. The number of carbonyl (C=O) groups excluding carboxylic acids is 1. The molecular weight excluding hydrogens is 338 g/mol. The summed E-state index contributed by atoms with van der Waals surface area (Å²) in [6, 6.07) is 9.96. The van der Waals surface area contributed by atoms with E-state index < -0.39 is 0 Å². The Morgan fingerprint density at radius 3 is 2.70 bits per heavy atom. The number of allylic oxidation sites excluding steroid dienone is 1. The number of carbonyl (C=O) groups is 1. The van der Waals surface area contributed by atoms with Crippen LogP contribution in [-0.4, -0.2) is 24.0 Å². The van der Waals surface area contributed by atoms with Gasteiger partial charge in [-0.3, -0.25) is 9.69 Å². The molecule has 0 atom stereocenters. The van der Waals surface area contributed by atoms with E-state index in [9.17, 15) is 4.79 Å². The summed E-state index contributed by atoms with van der Waals surface area (Å²) in [6.07, 6.45) is 1.85. The van der Waals surface area contributed by atoms with E-state index in [0.29, 0.717) is 29.7 Å². The molecule has 4 heteroatoms. The number of rotatable bonds is 3. The number of fused-ring (bicyclic) bond motifs is 3. The van der Waals surface area contributed by atoms with Gasteiger partial charge < -0.3 is 9.47 Å². The summed E-state index contributed by atoms with van der Waals surface area (Å²) in [5, 5.41) is 0. The van der Waals surface area contributed by atoms with Crippen molar-refractivity contribution in [2.24, 2.45) is 5.92 Å². The van der Waals surface area contributed by atoms with Gasteiger partial charge in [-0.05, 0) is 48.6 Å². The minimum absolute atomic E-state index is 0.0467. The Bertz CT molecular complexity index is 943. The average Bonchev–Trinajstić information content (AvgIpc) is 2.95. The van der Waals surface area contributed by atoms with Gasteiger partial charge in [-0.2, -0.15) is 0 Å². The van der Waals surface area contributed by atoms with Crippen LogP contribution >= 0.6 is 0 Å². The Balaban J connectivity index is 1.73. The van der Waals surface area contributed by atoms with Crippen molar-refractivity contribution in [3.63, 3.8) is 0 Å². The number of ketones is 1. The number of aryl methyl sites for hydroxylation is 2. The molecule has 0 radical (unpaired) electrons. The van der Waals surface area contributed by atoms with Crippen LogP contribution in [0.3, 0.4) is 0 Å². The Kier molecular flexibility index (Phi) is 4.52. The second-order valence-electron chi connectivity index (χ2n) is 7.85. The Morgan fingerprint density at radius 2 is 1.96 bits per heavy atom. The third-order valence-electron chi connectivity index (χ3n) is 5.09. The van der Waals surface area contributed by atoms with Crippen LogP contribution in [-0.2, 0) is 6.54 Å². The van der Waals surface area contributed by atoms with E-state index in [-0.39, 0.29) is 5.78 Å². The zero-order valence-electron chi connectivity index (χ0n) is 16.3. The first-order valence-electron chi connectivity index (χ1n) is 9.45. The van der Waals surface area contributed by atoms with Crippen molar-refractivity contribution in [1.29, 1.82) is 0 Å². The second kappa shape index (κ2) is 6.86. The third-order valence-corrected chi connectivity index (χ3v) is 5.09. The molecule has 0 aromatic heterocycles. The molecule has 4 nitrogen and oxygen atoms in total. The summed E-state index contributed by atoms with van der Waals surface area (Å²) in [4.78, 5) is 15.3. The van der Waals surface area contributed by atoms with E-state index in [4.69, 9.17) is 9.47 Å². The maximum Gasteiger partial charge on any atom is 0.232 e. The van der Waals surface area contributed by atoms with E-state index in [0.717, 1.165) is 41.1 Å². The molecule has 2 aromatic carbocycles. The Hall–Kier alpha value is -2.59. The van der Waals surface area contributed by atoms with E-state index in [2.05, 4.69) is 18.7 Å². The molecule has 2 aliphatic heterocycles. The fraction of sp³-hybridized carbons (Fsp3) is 0.348. The van der Waals surface area contributed by atoms with Crippen LogP contribution in [0.1, 0.15) is 46.5 Å². The highest BCUT2D eigenvalue weighted by Gasteiger charge is 2.35. The van der Waals surface area contributed by atoms with Crippen LogP contribution in [0, 0.1) is 19.8 Å². The van der Waals surface area contributed by atoms with Crippen molar-refractivity contribution in [3.05, 3.63) is 63.9 Å². The molecule has 2 heterocycles. The van der Waals surface area contributed by atoms with Crippen LogP contribution in [0.2, 0.25) is 0 Å². The molecule has 0 saturated carbocycles. The van der Waals surface area contributed by atoms with Gasteiger partial charge in [0.25, 0.3) is 0 Å². The number of ether oxygens (including phenoxy) is 2. The van der Waals surface area contributed by atoms with E-state index in [1.165, 1.54) is 0 Å². The van der Waals surface area contributed by atoms with Crippen LogP contribution in [0.15, 0.2) is 36.1 Å². The minimum atomic E-state index is -0.0467. The largest absolute Gasteiger partial charge is 0.478 e. The predicted octanol–water partition coefficient (Wildman–Crippen LogP) is 4.73. The summed E-state index contributed by atoms with van der Waals surface area (Å²) >= 11 is 0. The average molecular weight is 363 g/mol. The van der Waals surface area contributed by atoms with Gasteiger partial charge in [-0.15, -0.1) is 0 Å². The molecule has 2 aliphatic rings. The third kappa shape index (κ3) is 3.26. The smallest absolute Gasteiger partial charge is 0.232 e. The summed E-state index contributed by atoms with van der Waals surface area (Å²) in [5.41, 5.74) is 4.66. The Morgan fingerprint density at radius 1 is 1.19 bits per heavy atom.